The number of carbonyl (C=O) groups excluding carboxylic acids is 1. The number of rotatable bonds is 5. The third-order valence-electron chi connectivity index (χ3n) is 4.17. The highest BCUT2D eigenvalue weighted by atomic mass is 35.5. The fourth-order valence-corrected chi connectivity index (χ4v) is 4.24. The monoisotopic (exact) mass is 456 g/mol. The lowest BCUT2D eigenvalue weighted by Crippen LogP contribution is -2.40. The third-order valence-corrected chi connectivity index (χ3v) is 5.73. The maximum atomic E-state index is 14.1. The van der Waals surface area contributed by atoms with Gasteiger partial charge in [0.2, 0.25) is 5.91 Å². The second kappa shape index (κ2) is 8.72. The molecule has 0 saturated carbocycles. The van der Waals surface area contributed by atoms with Crippen LogP contribution in [-0.4, -0.2) is 51.5 Å². The van der Waals surface area contributed by atoms with Gasteiger partial charge >= 0.3 is 0 Å². The molecule has 1 aliphatic rings. The molecular formula is C17H15Cl2FN6O2S. The minimum Gasteiger partial charge on any atom is -0.375 e. The van der Waals surface area contributed by atoms with Gasteiger partial charge in [-0.2, -0.15) is 5.10 Å². The number of aromatic nitrogens is 4. The smallest absolute Gasteiger partial charge is 0.228 e. The highest BCUT2D eigenvalue weighted by molar-refractivity contribution is 7.18. The standard InChI is InChI=1S/C17H15Cl2FN6O2S/c18-11-5-12(19)13(20)4-10(11)15-16(26-8-22-7-23-26)29-17(25-15)24-14(27)3-9-6-21-1-2-28-9/h4-5,7-9,21H,1-3,6H2,(H,24,25,27). The van der Waals surface area contributed by atoms with Gasteiger partial charge in [-0.15, -0.1) is 0 Å². The predicted molar refractivity (Wildman–Crippen MR) is 108 cm³/mol. The van der Waals surface area contributed by atoms with E-state index in [0.717, 1.165) is 6.54 Å². The van der Waals surface area contributed by atoms with Gasteiger partial charge in [0.15, 0.2) is 5.13 Å². The van der Waals surface area contributed by atoms with E-state index in [4.69, 9.17) is 27.9 Å². The van der Waals surface area contributed by atoms with Crippen LogP contribution >= 0.6 is 34.5 Å². The molecule has 1 amide bonds. The molecule has 1 saturated heterocycles. The largest absolute Gasteiger partial charge is 0.375 e. The zero-order valence-electron chi connectivity index (χ0n) is 14.9. The molecule has 152 valence electrons. The molecule has 8 nitrogen and oxygen atoms in total. The summed E-state index contributed by atoms with van der Waals surface area (Å²) < 4.78 is 21.1. The molecule has 0 radical (unpaired) electrons. The quantitative estimate of drug-likeness (QED) is 0.572. The lowest BCUT2D eigenvalue weighted by molar-refractivity contribution is -0.119. The molecular weight excluding hydrogens is 442 g/mol. The number of anilines is 1. The highest BCUT2D eigenvalue weighted by Crippen LogP contribution is 2.39. The van der Waals surface area contributed by atoms with Crippen LogP contribution in [0.25, 0.3) is 16.3 Å². The number of ether oxygens (including phenoxy) is 1. The van der Waals surface area contributed by atoms with E-state index in [9.17, 15) is 9.18 Å². The van der Waals surface area contributed by atoms with Crippen molar-refractivity contribution < 1.29 is 13.9 Å². The van der Waals surface area contributed by atoms with Crippen molar-refractivity contribution in [2.75, 3.05) is 25.0 Å². The summed E-state index contributed by atoms with van der Waals surface area (Å²) in [5.41, 5.74) is 0.683. The van der Waals surface area contributed by atoms with E-state index in [2.05, 4.69) is 25.7 Å². The lowest BCUT2D eigenvalue weighted by atomic mass is 10.1. The van der Waals surface area contributed by atoms with Crippen molar-refractivity contribution in [3.8, 4) is 16.3 Å². The Balaban J connectivity index is 1.64. The molecule has 0 spiro atoms. The second-order valence-corrected chi connectivity index (χ2v) is 8.00. The zero-order valence-corrected chi connectivity index (χ0v) is 17.2. The summed E-state index contributed by atoms with van der Waals surface area (Å²) in [7, 11) is 0. The van der Waals surface area contributed by atoms with E-state index in [-0.39, 0.29) is 28.5 Å². The zero-order chi connectivity index (χ0) is 20.4. The first-order valence-corrected chi connectivity index (χ1v) is 10.2. The Labute approximate surface area is 179 Å². The van der Waals surface area contributed by atoms with Crippen molar-refractivity contribution in [2.24, 2.45) is 0 Å². The number of hydrogen-bond donors (Lipinski definition) is 2. The number of benzene rings is 1. The molecule has 1 fully saturated rings. The first kappa shape index (κ1) is 20.2. The van der Waals surface area contributed by atoms with Crippen molar-refractivity contribution in [3.63, 3.8) is 0 Å². The van der Waals surface area contributed by atoms with E-state index in [1.165, 1.54) is 40.8 Å². The Morgan fingerprint density at radius 1 is 1.41 bits per heavy atom. The van der Waals surface area contributed by atoms with Gasteiger partial charge < -0.3 is 15.4 Å². The number of nitrogens with zero attached hydrogens (tertiary/aromatic N) is 4. The molecule has 0 aliphatic carbocycles. The van der Waals surface area contributed by atoms with Gasteiger partial charge in [-0.25, -0.2) is 19.0 Å². The average molecular weight is 457 g/mol. The summed E-state index contributed by atoms with van der Waals surface area (Å²) in [5.74, 6) is -0.867. The van der Waals surface area contributed by atoms with Crippen molar-refractivity contribution in [3.05, 3.63) is 40.6 Å². The summed E-state index contributed by atoms with van der Waals surface area (Å²) in [5, 5.41) is 11.0. The Hall–Kier alpha value is -2.11. The molecule has 12 heteroatoms. The summed E-state index contributed by atoms with van der Waals surface area (Å²) in [6.45, 7) is 1.95. The number of thiazole rings is 1. The molecule has 3 heterocycles. The van der Waals surface area contributed by atoms with Crippen LogP contribution in [0.15, 0.2) is 24.8 Å². The Morgan fingerprint density at radius 2 is 2.28 bits per heavy atom. The van der Waals surface area contributed by atoms with Crippen molar-refractivity contribution >= 4 is 45.6 Å². The Kier molecular flexibility index (Phi) is 6.07. The molecule has 1 unspecified atom stereocenters. The van der Waals surface area contributed by atoms with E-state index < -0.39 is 5.82 Å². The summed E-state index contributed by atoms with van der Waals surface area (Å²) in [4.78, 5) is 20.8. The van der Waals surface area contributed by atoms with Crippen molar-refractivity contribution in [1.82, 2.24) is 25.1 Å². The van der Waals surface area contributed by atoms with Crippen LogP contribution in [0.4, 0.5) is 9.52 Å². The summed E-state index contributed by atoms with van der Waals surface area (Å²) in [6, 6.07) is 2.51. The van der Waals surface area contributed by atoms with Crippen molar-refractivity contribution in [2.45, 2.75) is 12.5 Å². The van der Waals surface area contributed by atoms with Gasteiger partial charge in [0, 0.05) is 18.7 Å². The number of hydrogen-bond acceptors (Lipinski definition) is 7. The van der Waals surface area contributed by atoms with Gasteiger partial charge in [0.1, 0.15) is 29.2 Å². The van der Waals surface area contributed by atoms with Crippen LogP contribution in [0.3, 0.4) is 0 Å². The minimum absolute atomic E-state index is 0.0918. The topological polar surface area (TPSA) is 94.0 Å². The molecule has 3 aromatic rings. The molecule has 2 aromatic heterocycles. The lowest BCUT2D eigenvalue weighted by Gasteiger charge is -2.22. The van der Waals surface area contributed by atoms with Crippen LogP contribution < -0.4 is 10.6 Å². The van der Waals surface area contributed by atoms with Crippen LogP contribution in [0.5, 0.6) is 0 Å². The van der Waals surface area contributed by atoms with Gasteiger partial charge in [-0.05, 0) is 12.1 Å². The molecule has 4 rings (SSSR count). The first-order chi connectivity index (χ1) is 14.0. The maximum Gasteiger partial charge on any atom is 0.228 e. The molecule has 1 atom stereocenters. The molecule has 1 aromatic carbocycles. The van der Waals surface area contributed by atoms with Gasteiger partial charge in [0.05, 0.1) is 29.2 Å². The molecule has 29 heavy (non-hydrogen) atoms. The third kappa shape index (κ3) is 4.57. The Morgan fingerprint density at radius 3 is 3.00 bits per heavy atom. The average Bonchev–Trinajstić information content (AvgIpc) is 3.35. The van der Waals surface area contributed by atoms with Crippen LogP contribution in [-0.2, 0) is 9.53 Å². The highest BCUT2D eigenvalue weighted by Gasteiger charge is 2.22. The molecule has 0 bridgehead atoms. The molecule has 1 aliphatic heterocycles. The van der Waals surface area contributed by atoms with Gasteiger partial charge in [-0.3, -0.25) is 4.79 Å². The summed E-state index contributed by atoms with van der Waals surface area (Å²) >= 11 is 13.2. The number of amides is 1. The summed E-state index contributed by atoms with van der Waals surface area (Å²) in [6.07, 6.45) is 2.83. The fourth-order valence-electron chi connectivity index (χ4n) is 2.84. The number of nitrogens with one attached hydrogen (secondary N) is 2. The van der Waals surface area contributed by atoms with Crippen molar-refractivity contribution in [1.29, 1.82) is 0 Å². The van der Waals surface area contributed by atoms with Crippen LogP contribution in [0, 0.1) is 5.82 Å². The predicted octanol–water partition coefficient (Wildman–Crippen LogP) is 3.15. The van der Waals surface area contributed by atoms with E-state index in [1.54, 1.807) is 0 Å². The number of morpholine rings is 1. The minimum atomic E-state index is -0.629. The first-order valence-electron chi connectivity index (χ1n) is 8.64. The number of carbonyl (C=O) groups is 1. The van der Waals surface area contributed by atoms with Crippen LogP contribution in [0.1, 0.15) is 6.42 Å². The van der Waals surface area contributed by atoms with E-state index in [0.29, 0.717) is 34.5 Å². The second-order valence-electron chi connectivity index (χ2n) is 6.21. The van der Waals surface area contributed by atoms with E-state index >= 15 is 0 Å². The maximum absolute atomic E-state index is 14.1. The Bertz CT molecular complexity index is 1020. The van der Waals surface area contributed by atoms with Gasteiger partial charge in [0.25, 0.3) is 0 Å². The van der Waals surface area contributed by atoms with E-state index in [1.807, 2.05) is 0 Å². The SMILES string of the molecule is O=C(CC1CNCCO1)Nc1nc(-c2cc(F)c(Cl)cc2Cl)c(-n2cncn2)s1. The van der Waals surface area contributed by atoms with Gasteiger partial charge in [-0.1, -0.05) is 34.5 Å². The molecule has 2 N–H and O–H groups in total. The number of halogens is 3. The normalized spacial score (nSPS) is 16.7. The van der Waals surface area contributed by atoms with Crippen LogP contribution in [0.2, 0.25) is 10.0 Å². The fraction of sp³-hybridized carbons (Fsp3) is 0.294.